The molecule has 0 bridgehead atoms. The van der Waals surface area contributed by atoms with E-state index in [9.17, 15) is 15.0 Å². The van der Waals surface area contributed by atoms with Crippen molar-refractivity contribution in [1.29, 1.82) is 0 Å². The highest BCUT2D eigenvalue weighted by atomic mass is 16.3. The predicted octanol–water partition coefficient (Wildman–Crippen LogP) is 7.13. The summed E-state index contributed by atoms with van der Waals surface area (Å²) in [6.45, 7) is 8.40. The quantitative estimate of drug-likeness (QED) is 0.253. The van der Waals surface area contributed by atoms with E-state index in [1.54, 1.807) is 6.07 Å². The summed E-state index contributed by atoms with van der Waals surface area (Å²) < 4.78 is 0. The second-order valence-electron chi connectivity index (χ2n) is 9.60. The van der Waals surface area contributed by atoms with Crippen molar-refractivity contribution < 1.29 is 15.0 Å². The van der Waals surface area contributed by atoms with E-state index in [0.717, 1.165) is 63.4 Å². The molecule has 0 saturated heterocycles. The van der Waals surface area contributed by atoms with Gasteiger partial charge in [0.05, 0.1) is 5.56 Å². The monoisotopic (exact) mass is 441 g/mol. The zero-order valence-electron chi connectivity index (χ0n) is 20.6. The van der Waals surface area contributed by atoms with Gasteiger partial charge in [0, 0.05) is 11.6 Å². The Bertz CT molecular complexity index is 812. The first kappa shape index (κ1) is 26.0. The van der Waals surface area contributed by atoms with Crippen LogP contribution in [-0.2, 0) is 12.8 Å². The molecule has 4 nitrogen and oxygen atoms in total. The highest BCUT2D eigenvalue weighted by Crippen LogP contribution is 2.36. The number of benzene rings is 1. The SMILES string of the molecule is CCCCCc1cc(O)c(CC=C(C)CCC=C(C)C)c(O)c1C(=O)NC1CCCCC1. The lowest BCUT2D eigenvalue weighted by Gasteiger charge is -2.24. The summed E-state index contributed by atoms with van der Waals surface area (Å²) in [5.41, 5.74) is 4.06. The van der Waals surface area contributed by atoms with Gasteiger partial charge in [-0.1, -0.05) is 62.3 Å². The van der Waals surface area contributed by atoms with Crippen LogP contribution in [-0.4, -0.2) is 22.2 Å². The average Bonchev–Trinajstić information content (AvgIpc) is 2.74. The van der Waals surface area contributed by atoms with Gasteiger partial charge in [-0.15, -0.1) is 0 Å². The molecule has 1 aliphatic rings. The van der Waals surface area contributed by atoms with Crippen molar-refractivity contribution in [3.8, 4) is 11.5 Å². The molecule has 1 aromatic rings. The van der Waals surface area contributed by atoms with Crippen LogP contribution in [0.4, 0.5) is 0 Å². The number of phenols is 2. The number of hydrogen-bond acceptors (Lipinski definition) is 3. The third kappa shape index (κ3) is 8.03. The van der Waals surface area contributed by atoms with E-state index >= 15 is 0 Å². The van der Waals surface area contributed by atoms with Gasteiger partial charge >= 0.3 is 0 Å². The van der Waals surface area contributed by atoms with Gasteiger partial charge in [-0.05, 0) is 77.3 Å². The number of aryl methyl sites for hydroxylation is 1. The molecule has 3 N–H and O–H groups in total. The second kappa shape index (κ2) is 13.3. The topological polar surface area (TPSA) is 69.6 Å². The van der Waals surface area contributed by atoms with E-state index in [1.165, 1.54) is 17.6 Å². The van der Waals surface area contributed by atoms with Gasteiger partial charge in [0.1, 0.15) is 11.5 Å². The van der Waals surface area contributed by atoms with Gasteiger partial charge in [-0.2, -0.15) is 0 Å². The van der Waals surface area contributed by atoms with Crippen molar-refractivity contribution >= 4 is 5.91 Å². The summed E-state index contributed by atoms with van der Waals surface area (Å²) in [5, 5.41) is 25.0. The van der Waals surface area contributed by atoms with Crippen LogP contribution in [0.25, 0.3) is 0 Å². The first-order valence-corrected chi connectivity index (χ1v) is 12.5. The molecule has 0 heterocycles. The fraction of sp³-hybridized carbons (Fsp3) is 0.607. The normalized spacial score (nSPS) is 14.9. The number of unbranched alkanes of at least 4 members (excludes halogenated alkanes) is 2. The Morgan fingerprint density at radius 1 is 1.09 bits per heavy atom. The Balaban J connectivity index is 2.27. The van der Waals surface area contributed by atoms with Crippen LogP contribution in [0.1, 0.15) is 113 Å². The van der Waals surface area contributed by atoms with E-state index in [-0.39, 0.29) is 23.4 Å². The third-order valence-electron chi connectivity index (χ3n) is 6.43. The van der Waals surface area contributed by atoms with Crippen molar-refractivity contribution in [1.82, 2.24) is 5.32 Å². The van der Waals surface area contributed by atoms with E-state index in [2.05, 4.69) is 39.1 Å². The van der Waals surface area contributed by atoms with E-state index in [1.807, 2.05) is 6.08 Å². The minimum atomic E-state index is -0.202. The second-order valence-corrected chi connectivity index (χ2v) is 9.60. The lowest BCUT2D eigenvalue weighted by atomic mass is 9.92. The lowest BCUT2D eigenvalue weighted by Crippen LogP contribution is -2.36. The molecule has 2 rings (SSSR count). The fourth-order valence-electron chi connectivity index (χ4n) is 4.44. The summed E-state index contributed by atoms with van der Waals surface area (Å²) in [7, 11) is 0. The number of allylic oxidation sites excluding steroid dienone is 4. The number of amides is 1. The van der Waals surface area contributed by atoms with Crippen LogP contribution in [0.5, 0.6) is 11.5 Å². The van der Waals surface area contributed by atoms with E-state index < -0.39 is 0 Å². The van der Waals surface area contributed by atoms with Crippen molar-refractivity contribution in [3.63, 3.8) is 0 Å². The summed E-state index contributed by atoms with van der Waals surface area (Å²) in [5.74, 6) is -0.180. The molecule has 4 heteroatoms. The Morgan fingerprint density at radius 2 is 1.81 bits per heavy atom. The number of hydrogen-bond donors (Lipinski definition) is 3. The van der Waals surface area contributed by atoms with Gasteiger partial charge < -0.3 is 15.5 Å². The molecule has 178 valence electrons. The first-order valence-electron chi connectivity index (χ1n) is 12.5. The van der Waals surface area contributed by atoms with Gasteiger partial charge in [0.25, 0.3) is 5.91 Å². The molecule has 0 spiro atoms. The predicted molar refractivity (Wildman–Crippen MR) is 133 cm³/mol. The Morgan fingerprint density at radius 3 is 2.47 bits per heavy atom. The number of carbonyl (C=O) groups is 1. The highest BCUT2D eigenvalue weighted by molar-refractivity contribution is 5.99. The molecule has 0 aromatic heterocycles. The first-order chi connectivity index (χ1) is 15.3. The molecule has 1 amide bonds. The molecular weight excluding hydrogens is 398 g/mol. The molecule has 1 aromatic carbocycles. The maximum Gasteiger partial charge on any atom is 0.255 e. The standard InChI is InChI=1S/C28H43NO3/c1-5-6-8-14-22-19-25(30)24(18-17-21(4)13-11-12-20(2)3)27(31)26(22)28(32)29-23-15-9-7-10-16-23/h12,17,19,23,30-31H,5-11,13-16,18H2,1-4H3,(H,29,32). The maximum absolute atomic E-state index is 13.2. The van der Waals surface area contributed by atoms with Crippen LogP contribution in [0.15, 0.2) is 29.4 Å². The molecular formula is C28H43NO3. The fourth-order valence-corrected chi connectivity index (χ4v) is 4.44. The molecule has 1 aliphatic carbocycles. The Labute approximate surface area is 194 Å². The summed E-state index contributed by atoms with van der Waals surface area (Å²) in [6.07, 6.45) is 15.8. The van der Waals surface area contributed by atoms with Gasteiger partial charge in [0.15, 0.2) is 0 Å². The van der Waals surface area contributed by atoms with Gasteiger partial charge in [-0.25, -0.2) is 0 Å². The maximum atomic E-state index is 13.2. The van der Waals surface area contributed by atoms with Crippen LogP contribution in [0.2, 0.25) is 0 Å². The summed E-state index contributed by atoms with van der Waals surface area (Å²) in [6, 6.07) is 1.88. The Kier molecular flexibility index (Phi) is 10.9. The summed E-state index contributed by atoms with van der Waals surface area (Å²) in [4.78, 5) is 13.2. The molecule has 1 fully saturated rings. The van der Waals surface area contributed by atoms with Crippen LogP contribution in [0, 0.1) is 0 Å². The zero-order chi connectivity index (χ0) is 23.5. The number of aromatic hydroxyl groups is 2. The van der Waals surface area contributed by atoms with Gasteiger partial charge in [-0.3, -0.25) is 4.79 Å². The van der Waals surface area contributed by atoms with E-state index in [4.69, 9.17) is 0 Å². The number of rotatable bonds is 11. The number of nitrogens with one attached hydrogen (secondary N) is 1. The molecule has 1 saturated carbocycles. The molecule has 0 unspecified atom stereocenters. The molecule has 32 heavy (non-hydrogen) atoms. The lowest BCUT2D eigenvalue weighted by molar-refractivity contribution is 0.0923. The molecule has 0 atom stereocenters. The minimum Gasteiger partial charge on any atom is -0.508 e. The minimum absolute atomic E-state index is 0.0573. The summed E-state index contributed by atoms with van der Waals surface area (Å²) >= 11 is 0. The van der Waals surface area contributed by atoms with Crippen molar-refractivity contribution in [2.75, 3.05) is 0 Å². The third-order valence-corrected chi connectivity index (χ3v) is 6.43. The highest BCUT2D eigenvalue weighted by Gasteiger charge is 2.24. The number of carbonyl (C=O) groups excluding carboxylic acids is 1. The van der Waals surface area contributed by atoms with Crippen LogP contribution < -0.4 is 5.32 Å². The largest absolute Gasteiger partial charge is 0.508 e. The zero-order valence-corrected chi connectivity index (χ0v) is 20.6. The van der Waals surface area contributed by atoms with Crippen molar-refractivity contribution in [2.45, 2.75) is 111 Å². The van der Waals surface area contributed by atoms with Gasteiger partial charge in [0.2, 0.25) is 0 Å². The van der Waals surface area contributed by atoms with Crippen LogP contribution >= 0.6 is 0 Å². The molecule has 0 aliphatic heterocycles. The van der Waals surface area contributed by atoms with Crippen LogP contribution in [0.3, 0.4) is 0 Å². The average molecular weight is 442 g/mol. The Hall–Kier alpha value is -2.23. The smallest absolute Gasteiger partial charge is 0.255 e. The van der Waals surface area contributed by atoms with Crippen molar-refractivity contribution in [2.24, 2.45) is 0 Å². The number of phenolic OH excluding ortho intramolecular Hbond substituents is 2. The van der Waals surface area contributed by atoms with E-state index in [0.29, 0.717) is 24.0 Å². The van der Waals surface area contributed by atoms with Crippen molar-refractivity contribution in [3.05, 3.63) is 46.1 Å². The molecule has 0 radical (unpaired) electrons.